The minimum atomic E-state index is 0.911. The zero-order valence-corrected chi connectivity index (χ0v) is 27.3. The van der Waals surface area contributed by atoms with E-state index in [1.54, 1.807) is 0 Å². The molecule has 0 bridgehead atoms. The van der Waals surface area contributed by atoms with Gasteiger partial charge in [0.05, 0.1) is 5.69 Å². The van der Waals surface area contributed by atoms with Gasteiger partial charge in [-0.15, -0.1) is 0 Å². The molecule has 0 spiro atoms. The monoisotopic (exact) mass is 637 g/mol. The fourth-order valence-corrected chi connectivity index (χ4v) is 7.68. The van der Waals surface area contributed by atoms with Crippen molar-refractivity contribution in [1.29, 1.82) is 0 Å². The van der Waals surface area contributed by atoms with Gasteiger partial charge in [-0.3, -0.25) is 0 Å². The number of benzene rings is 9. The average molecular weight is 638 g/mol. The molecule has 2 nitrogen and oxygen atoms in total. The van der Waals surface area contributed by atoms with Gasteiger partial charge < -0.3 is 9.32 Å². The van der Waals surface area contributed by atoms with Crippen molar-refractivity contribution in [2.24, 2.45) is 0 Å². The molecule has 10 aromatic rings. The van der Waals surface area contributed by atoms with Crippen LogP contribution in [-0.4, -0.2) is 0 Å². The smallest absolute Gasteiger partial charge is 0.143 e. The van der Waals surface area contributed by atoms with Crippen LogP contribution in [-0.2, 0) is 0 Å². The Hall–Kier alpha value is -6.64. The first-order valence-electron chi connectivity index (χ1n) is 17.1. The summed E-state index contributed by atoms with van der Waals surface area (Å²) in [5.74, 6) is 0. The van der Waals surface area contributed by atoms with Gasteiger partial charge >= 0.3 is 0 Å². The third-order valence-corrected chi connectivity index (χ3v) is 10.1. The summed E-state index contributed by atoms with van der Waals surface area (Å²) in [5, 5.41) is 9.77. The van der Waals surface area contributed by atoms with Crippen molar-refractivity contribution in [2.45, 2.75) is 0 Å². The maximum Gasteiger partial charge on any atom is 0.143 e. The summed E-state index contributed by atoms with van der Waals surface area (Å²) in [7, 11) is 0. The highest BCUT2D eigenvalue weighted by Gasteiger charge is 2.18. The highest BCUT2D eigenvalue weighted by molar-refractivity contribution is 6.14. The zero-order valence-electron chi connectivity index (χ0n) is 27.3. The van der Waals surface area contributed by atoms with Gasteiger partial charge in [-0.25, -0.2) is 0 Å². The van der Waals surface area contributed by atoms with Gasteiger partial charge in [0, 0.05) is 33.1 Å². The predicted octanol–water partition coefficient (Wildman–Crippen LogP) is 13.8. The molecule has 0 saturated heterocycles. The van der Waals surface area contributed by atoms with Crippen molar-refractivity contribution in [3.63, 3.8) is 0 Å². The normalized spacial score (nSPS) is 11.6. The summed E-state index contributed by atoms with van der Waals surface area (Å²) in [6.45, 7) is 0. The van der Waals surface area contributed by atoms with E-state index in [9.17, 15) is 0 Å². The molecular formula is C48H31NO. The van der Waals surface area contributed by atoms with Gasteiger partial charge in [0.1, 0.15) is 11.2 Å². The van der Waals surface area contributed by atoms with Crippen molar-refractivity contribution in [3.8, 4) is 22.3 Å². The van der Waals surface area contributed by atoms with E-state index in [-0.39, 0.29) is 0 Å². The van der Waals surface area contributed by atoms with Gasteiger partial charge in [-0.05, 0) is 86.1 Å². The maximum atomic E-state index is 6.39. The van der Waals surface area contributed by atoms with Gasteiger partial charge in [-0.1, -0.05) is 146 Å². The molecule has 2 heteroatoms. The Morgan fingerprint density at radius 1 is 0.340 bits per heavy atom. The Morgan fingerprint density at radius 3 is 1.64 bits per heavy atom. The van der Waals surface area contributed by atoms with E-state index in [4.69, 9.17) is 4.42 Å². The van der Waals surface area contributed by atoms with Crippen LogP contribution in [0.3, 0.4) is 0 Å². The van der Waals surface area contributed by atoms with E-state index in [1.165, 1.54) is 43.4 Å². The Bertz CT molecular complexity index is 2860. The molecule has 234 valence electrons. The number of nitrogens with zero attached hydrogens (tertiary/aromatic N) is 1. The first-order valence-corrected chi connectivity index (χ1v) is 17.1. The molecule has 0 atom stereocenters. The van der Waals surface area contributed by atoms with E-state index < -0.39 is 0 Å². The summed E-state index contributed by atoms with van der Waals surface area (Å²) >= 11 is 0. The standard InChI is InChI=1S/C48H31NO/c1-4-15-39-32(11-1)13-9-21-46(39)49(36-27-23-33(24-28-36)40-19-10-20-44-43-18-7-8-22-47(43)50-48(40)44)37-29-25-34(26-30-37)45-31-35-12-2-3-14-38(35)41-16-5-6-17-42(41)45/h1-31H. The van der Waals surface area contributed by atoms with E-state index >= 15 is 0 Å². The van der Waals surface area contributed by atoms with Gasteiger partial charge in [0.2, 0.25) is 0 Å². The fourth-order valence-electron chi connectivity index (χ4n) is 7.68. The van der Waals surface area contributed by atoms with Crippen molar-refractivity contribution in [3.05, 3.63) is 188 Å². The predicted molar refractivity (Wildman–Crippen MR) is 212 cm³/mol. The second kappa shape index (κ2) is 11.5. The van der Waals surface area contributed by atoms with Crippen LogP contribution >= 0.6 is 0 Å². The van der Waals surface area contributed by atoms with Crippen LogP contribution in [0.2, 0.25) is 0 Å². The number of anilines is 3. The fraction of sp³-hybridized carbons (Fsp3) is 0. The van der Waals surface area contributed by atoms with Crippen LogP contribution < -0.4 is 4.90 Å². The Balaban J connectivity index is 1.10. The molecule has 0 aliphatic heterocycles. The van der Waals surface area contributed by atoms with Crippen LogP contribution in [0.15, 0.2) is 192 Å². The summed E-state index contributed by atoms with van der Waals surface area (Å²) in [6.07, 6.45) is 0. The summed E-state index contributed by atoms with van der Waals surface area (Å²) in [5.41, 5.74) is 9.81. The summed E-state index contributed by atoms with van der Waals surface area (Å²) in [4.78, 5) is 2.37. The first-order chi connectivity index (χ1) is 24.8. The molecule has 0 amide bonds. The van der Waals surface area contributed by atoms with E-state index in [1.807, 2.05) is 12.1 Å². The van der Waals surface area contributed by atoms with E-state index in [2.05, 4.69) is 181 Å². The van der Waals surface area contributed by atoms with Crippen LogP contribution in [0, 0.1) is 0 Å². The summed E-state index contributed by atoms with van der Waals surface area (Å²) in [6, 6.07) is 67.5. The van der Waals surface area contributed by atoms with Gasteiger partial charge in [0.15, 0.2) is 0 Å². The molecular weight excluding hydrogens is 607 g/mol. The van der Waals surface area contributed by atoms with Crippen LogP contribution in [0.1, 0.15) is 0 Å². The third-order valence-electron chi connectivity index (χ3n) is 10.1. The largest absolute Gasteiger partial charge is 0.455 e. The van der Waals surface area contributed by atoms with Crippen LogP contribution in [0.25, 0.3) is 76.5 Å². The van der Waals surface area contributed by atoms with Crippen LogP contribution in [0.5, 0.6) is 0 Å². The lowest BCUT2D eigenvalue weighted by molar-refractivity contribution is 0.670. The molecule has 1 heterocycles. The Morgan fingerprint density at radius 2 is 0.880 bits per heavy atom. The average Bonchev–Trinajstić information content (AvgIpc) is 3.58. The van der Waals surface area contributed by atoms with Crippen molar-refractivity contribution in [1.82, 2.24) is 0 Å². The van der Waals surface area contributed by atoms with Crippen molar-refractivity contribution < 1.29 is 4.42 Å². The lowest BCUT2D eigenvalue weighted by atomic mass is 9.93. The third kappa shape index (κ3) is 4.57. The number of fused-ring (bicyclic) bond motifs is 7. The lowest BCUT2D eigenvalue weighted by Crippen LogP contribution is -2.10. The number of hydrogen-bond donors (Lipinski definition) is 0. The zero-order chi connectivity index (χ0) is 33.0. The molecule has 0 unspecified atom stereocenters. The molecule has 9 aromatic carbocycles. The maximum absolute atomic E-state index is 6.39. The Kier molecular flexibility index (Phi) is 6.53. The van der Waals surface area contributed by atoms with Crippen molar-refractivity contribution >= 4 is 71.3 Å². The number of furan rings is 1. The van der Waals surface area contributed by atoms with Crippen LogP contribution in [0.4, 0.5) is 17.1 Å². The highest BCUT2D eigenvalue weighted by Crippen LogP contribution is 2.42. The highest BCUT2D eigenvalue weighted by atomic mass is 16.3. The topological polar surface area (TPSA) is 16.4 Å². The van der Waals surface area contributed by atoms with E-state index in [0.29, 0.717) is 0 Å². The minimum Gasteiger partial charge on any atom is -0.455 e. The van der Waals surface area contributed by atoms with Crippen molar-refractivity contribution in [2.75, 3.05) is 4.90 Å². The second-order valence-electron chi connectivity index (χ2n) is 12.9. The summed E-state index contributed by atoms with van der Waals surface area (Å²) < 4.78 is 6.39. The van der Waals surface area contributed by atoms with E-state index in [0.717, 1.165) is 50.1 Å². The molecule has 0 radical (unpaired) electrons. The minimum absolute atomic E-state index is 0.911. The Labute approximate surface area is 290 Å². The first kappa shape index (κ1) is 28.4. The number of rotatable bonds is 5. The quantitative estimate of drug-likeness (QED) is 0.175. The molecule has 50 heavy (non-hydrogen) atoms. The lowest BCUT2D eigenvalue weighted by Gasteiger charge is -2.27. The molecule has 0 saturated carbocycles. The molecule has 0 aliphatic carbocycles. The molecule has 0 fully saturated rings. The van der Waals surface area contributed by atoms with Gasteiger partial charge in [0.25, 0.3) is 0 Å². The molecule has 0 aliphatic rings. The number of hydrogen-bond acceptors (Lipinski definition) is 2. The second-order valence-corrected chi connectivity index (χ2v) is 12.9. The molecule has 1 aromatic heterocycles. The number of para-hydroxylation sites is 2. The SMILES string of the molecule is c1ccc2c(N(c3ccc(-c4cc5ccccc5c5ccccc45)cc3)c3ccc(-c4cccc5c4oc4ccccc45)cc3)cccc2c1. The molecule has 0 N–H and O–H groups in total. The molecule has 10 rings (SSSR count). The van der Waals surface area contributed by atoms with Gasteiger partial charge in [-0.2, -0.15) is 0 Å².